The smallest absolute Gasteiger partial charge is 0.343 e. The number of H-pyrrole nitrogens is 1. The number of carbonyl (C=O) groups is 2. The molecule has 1 heterocycles. The van der Waals surface area contributed by atoms with Gasteiger partial charge in [0, 0.05) is 21.5 Å². The summed E-state index contributed by atoms with van der Waals surface area (Å²) in [6.45, 7) is 0. The highest BCUT2D eigenvalue weighted by atomic mass is 35.5. The molecule has 0 aliphatic heterocycles. The molecular weight excluding hydrogens is 612 g/mol. The van der Waals surface area contributed by atoms with Gasteiger partial charge in [-0.3, -0.25) is 4.79 Å². The van der Waals surface area contributed by atoms with Gasteiger partial charge in [0.05, 0.1) is 51.3 Å². The normalized spacial score (nSPS) is 10.8. The van der Waals surface area contributed by atoms with E-state index in [0.717, 1.165) is 0 Å². The average molecular weight is 639 g/mol. The summed E-state index contributed by atoms with van der Waals surface area (Å²) >= 11 is 6.50. The Kier molecular flexibility index (Phi) is 9.40. The Morgan fingerprint density at radius 2 is 1.59 bits per heavy atom. The number of hydrazone groups is 1. The molecular formula is C34H27ClN4O7. The van der Waals surface area contributed by atoms with Crippen molar-refractivity contribution in [2.75, 3.05) is 28.4 Å². The third-order valence-electron chi connectivity index (χ3n) is 6.99. The van der Waals surface area contributed by atoms with Crippen molar-refractivity contribution in [2.45, 2.75) is 0 Å². The van der Waals surface area contributed by atoms with E-state index in [9.17, 15) is 14.9 Å². The SMILES string of the molecule is COc1cc(C=NNC(=O)c2[nH]c3c(C#N)cccc3c2-c2ccccc2Cl)ccc1OC(=O)c1cc(OC)c(OC)c(OC)c1. The van der Waals surface area contributed by atoms with Crippen LogP contribution in [0.25, 0.3) is 22.0 Å². The Morgan fingerprint density at radius 1 is 0.870 bits per heavy atom. The topological polar surface area (TPSA) is 144 Å². The van der Waals surface area contributed by atoms with E-state index in [2.05, 4.69) is 21.6 Å². The van der Waals surface area contributed by atoms with Crippen LogP contribution in [0.2, 0.25) is 5.02 Å². The summed E-state index contributed by atoms with van der Waals surface area (Å²) in [5.41, 5.74) is 5.49. The second-order valence-electron chi connectivity index (χ2n) is 9.61. The summed E-state index contributed by atoms with van der Waals surface area (Å²) in [6.07, 6.45) is 1.41. The van der Waals surface area contributed by atoms with Crippen LogP contribution in [-0.2, 0) is 0 Å². The molecule has 46 heavy (non-hydrogen) atoms. The highest BCUT2D eigenvalue weighted by molar-refractivity contribution is 6.34. The number of aromatic amines is 1. The summed E-state index contributed by atoms with van der Waals surface area (Å²) in [5, 5.41) is 14.9. The summed E-state index contributed by atoms with van der Waals surface area (Å²) in [4.78, 5) is 29.5. The van der Waals surface area contributed by atoms with E-state index in [1.54, 1.807) is 42.5 Å². The van der Waals surface area contributed by atoms with Gasteiger partial charge in [0.25, 0.3) is 5.91 Å². The Bertz CT molecular complexity index is 2010. The van der Waals surface area contributed by atoms with Crippen molar-refractivity contribution in [2.24, 2.45) is 5.10 Å². The molecule has 0 atom stereocenters. The fraction of sp³-hybridized carbons (Fsp3) is 0.118. The molecule has 11 nitrogen and oxygen atoms in total. The second kappa shape index (κ2) is 13.8. The number of methoxy groups -OCH3 is 4. The van der Waals surface area contributed by atoms with E-state index in [1.165, 1.54) is 52.9 Å². The lowest BCUT2D eigenvalue weighted by Crippen LogP contribution is -2.19. The van der Waals surface area contributed by atoms with Gasteiger partial charge in [-0.05, 0) is 48.0 Å². The molecule has 12 heteroatoms. The zero-order valence-electron chi connectivity index (χ0n) is 25.1. The van der Waals surface area contributed by atoms with Crippen molar-refractivity contribution in [3.8, 4) is 45.9 Å². The lowest BCUT2D eigenvalue weighted by molar-refractivity contribution is 0.0728. The number of rotatable bonds is 10. The monoisotopic (exact) mass is 638 g/mol. The molecule has 0 saturated heterocycles. The van der Waals surface area contributed by atoms with Gasteiger partial charge in [-0.15, -0.1) is 0 Å². The lowest BCUT2D eigenvalue weighted by atomic mass is 10.0. The minimum atomic E-state index is -0.682. The van der Waals surface area contributed by atoms with Crippen LogP contribution in [0.15, 0.2) is 77.9 Å². The fourth-order valence-corrected chi connectivity index (χ4v) is 5.08. The first-order valence-corrected chi connectivity index (χ1v) is 14.0. The van der Waals surface area contributed by atoms with Crippen LogP contribution in [0.5, 0.6) is 28.7 Å². The van der Waals surface area contributed by atoms with Crippen LogP contribution in [0, 0.1) is 11.3 Å². The van der Waals surface area contributed by atoms with Crippen molar-refractivity contribution < 1.29 is 33.3 Å². The van der Waals surface area contributed by atoms with Crippen LogP contribution in [0.4, 0.5) is 0 Å². The number of halogens is 1. The Hall–Kier alpha value is -5.99. The van der Waals surface area contributed by atoms with Crippen molar-refractivity contribution in [3.05, 3.63) is 100 Å². The average Bonchev–Trinajstić information content (AvgIpc) is 3.48. The van der Waals surface area contributed by atoms with Gasteiger partial charge in [0.1, 0.15) is 11.8 Å². The quantitative estimate of drug-likeness (QED) is 0.0776. The molecule has 0 aliphatic carbocycles. The molecule has 1 aromatic heterocycles. The van der Waals surface area contributed by atoms with E-state index < -0.39 is 11.9 Å². The molecule has 2 N–H and O–H groups in total. The maximum Gasteiger partial charge on any atom is 0.343 e. The van der Waals surface area contributed by atoms with Crippen LogP contribution >= 0.6 is 11.6 Å². The predicted molar refractivity (Wildman–Crippen MR) is 173 cm³/mol. The van der Waals surface area contributed by atoms with Crippen molar-refractivity contribution in [3.63, 3.8) is 0 Å². The van der Waals surface area contributed by atoms with Crippen molar-refractivity contribution in [1.82, 2.24) is 10.4 Å². The number of nitrogens with zero attached hydrogens (tertiary/aromatic N) is 2. The lowest BCUT2D eigenvalue weighted by Gasteiger charge is -2.14. The van der Waals surface area contributed by atoms with Crippen molar-refractivity contribution in [1.29, 1.82) is 5.26 Å². The number of para-hydroxylation sites is 1. The first-order valence-electron chi connectivity index (χ1n) is 13.7. The second-order valence-corrected chi connectivity index (χ2v) is 10.0. The number of benzene rings is 4. The van der Waals surface area contributed by atoms with Crippen LogP contribution in [-0.4, -0.2) is 51.5 Å². The summed E-state index contributed by atoms with van der Waals surface area (Å²) in [5.74, 6) is 0.103. The minimum Gasteiger partial charge on any atom is -0.493 e. The Labute approximate surface area is 268 Å². The number of esters is 1. The summed E-state index contributed by atoms with van der Waals surface area (Å²) in [7, 11) is 5.78. The molecule has 232 valence electrons. The molecule has 0 bridgehead atoms. The zero-order chi connectivity index (χ0) is 32.8. The molecule has 0 fully saturated rings. The first-order chi connectivity index (χ1) is 22.3. The molecule has 0 aliphatic rings. The van der Waals surface area contributed by atoms with Gasteiger partial charge in [-0.2, -0.15) is 10.4 Å². The van der Waals surface area contributed by atoms with Gasteiger partial charge < -0.3 is 28.7 Å². The minimum absolute atomic E-state index is 0.151. The number of ether oxygens (including phenoxy) is 5. The molecule has 0 spiro atoms. The number of fused-ring (bicyclic) bond motifs is 1. The Balaban J connectivity index is 1.37. The van der Waals surface area contributed by atoms with E-state index in [-0.39, 0.29) is 22.8 Å². The Morgan fingerprint density at radius 3 is 2.24 bits per heavy atom. The first kappa shape index (κ1) is 31.4. The number of carbonyl (C=O) groups excluding carboxylic acids is 2. The van der Waals surface area contributed by atoms with Gasteiger partial charge in [0.15, 0.2) is 23.0 Å². The third-order valence-corrected chi connectivity index (χ3v) is 7.32. The van der Waals surface area contributed by atoms with Crippen LogP contribution in [0.1, 0.15) is 32.0 Å². The fourth-order valence-electron chi connectivity index (χ4n) is 4.85. The van der Waals surface area contributed by atoms with Crippen LogP contribution < -0.4 is 29.1 Å². The largest absolute Gasteiger partial charge is 0.493 e. The predicted octanol–water partition coefficient (Wildman–Crippen LogP) is 6.38. The van der Waals surface area contributed by atoms with E-state index in [0.29, 0.717) is 55.4 Å². The van der Waals surface area contributed by atoms with E-state index >= 15 is 0 Å². The molecule has 0 radical (unpaired) electrons. The highest BCUT2D eigenvalue weighted by Gasteiger charge is 2.23. The summed E-state index contributed by atoms with van der Waals surface area (Å²) < 4.78 is 27.0. The van der Waals surface area contributed by atoms with Gasteiger partial charge >= 0.3 is 5.97 Å². The van der Waals surface area contributed by atoms with Gasteiger partial charge in [-0.25, -0.2) is 10.2 Å². The maximum atomic E-state index is 13.4. The number of amides is 1. The van der Waals surface area contributed by atoms with Gasteiger partial charge in [0.2, 0.25) is 5.75 Å². The number of aromatic nitrogens is 1. The maximum absolute atomic E-state index is 13.4. The molecule has 0 saturated carbocycles. The zero-order valence-corrected chi connectivity index (χ0v) is 25.9. The van der Waals surface area contributed by atoms with E-state index in [4.69, 9.17) is 35.3 Å². The molecule has 5 rings (SSSR count). The molecule has 4 aromatic carbocycles. The molecule has 0 unspecified atom stereocenters. The van der Waals surface area contributed by atoms with Crippen molar-refractivity contribution >= 4 is 40.6 Å². The molecule has 1 amide bonds. The van der Waals surface area contributed by atoms with E-state index in [1.807, 2.05) is 12.1 Å². The number of hydrogen-bond donors (Lipinski definition) is 2. The third kappa shape index (κ3) is 6.15. The number of nitriles is 1. The number of hydrogen-bond acceptors (Lipinski definition) is 9. The molecule has 5 aromatic rings. The highest BCUT2D eigenvalue weighted by Crippen LogP contribution is 2.39. The van der Waals surface area contributed by atoms with Gasteiger partial charge in [-0.1, -0.05) is 41.9 Å². The van der Waals surface area contributed by atoms with Crippen LogP contribution in [0.3, 0.4) is 0 Å². The standard InChI is InChI=1S/C34H27ClN4O7/c1-42-26-14-19(12-13-25(26)46-34(41)21-15-27(43-2)32(45-4)28(16-21)44-3)18-37-39-33(40)31-29(22-9-5-6-11-24(22)35)23-10-7-8-20(17-36)30(23)38-31/h5-16,18,38H,1-4H3,(H,39,40). The number of nitrogens with one attached hydrogen (secondary N) is 2. The summed E-state index contributed by atoms with van der Waals surface area (Å²) in [6, 6.07) is 22.2.